The molecule has 0 amide bonds. The second-order valence-corrected chi connectivity index (χ2v) is 6.50. The maximum atomic E-state index is 11.7. The van der Waals surface area contributed by atoms with Crippen LogP contribution < -0.4 is 5.32 Å². The zero-order valence-electron chi connectivity index (χ0n) is 14.9. The van der Waals surface area contributed by atoms with Gasteiger partial charge in [-0.1, -0.05) is 31.5 Å². The molecule has 0 spiro atoms. The van der Waals surface area contributed by atoms with Crippen LogP contribution in [0.25, 0.3) is 0 Å². The Bertz CT molecular complexity index is 621. The molecule has 1 aliphatic rings. The van der Waals surface area contributed by atoms with E-state index >= 15 is 0 Å². The summed E-state index contributed by atoms with van der Waals surface area (Å²) in [6.45, 7) is 5.08. The summed E-state index contributed by atoms with van der Waals surface area (Å²) in [5, 5.41) is 15.3. The molecule has 2 unspecified atom stereocenters. The van der Waals surface area contributed by atoms with Gasteiger partial charge >= 0.3 is 0 Å². The van der Waals surface area contributed by atoms with Gasteiger partial charge in [0.2, 0.25) is 0 Å². The van der Waals surface area contributed by atoms with Crippen LogP contribution in [0.4, 0.5) is 0 Å². The fourth-order valence-electron chi connectivity index (χ4n) is 2.97. The molecule has 2 atom stereocenters. The fraction of sp³-hybridized carbons (Fsp3) is 0.588. The van der Waals surface area contributed by atoms with E-state index in [2.05, 4.69) is 10.3 Å². The van der Waals surface area contributed by atoms with Crippen LogP contribution in [0.2, 0.25) is 5.15 Å². The Morgan fingerprint density at radius 3 is 2.80 bits per heavy atom. The van der Waals surface area contributed by atoms with Crippen molar-refractivity contribution in [1.29, 1.82) is 0 Å². The molecule has 1 N–H and O–H groups in total. The molecular formula is C17H25ClN4O3. The first kappa shape index (κ1) is 19.5. The lowest BCUT2D eigenvalue weighted by Gasteiger charge is -2.38. The molecule has 0 saturated heterocycles. The molecular weight excluding hydrogens is 344 g/mol. The van der Waals surface area contributed by atoms with Gasteiger partial charge in [-0.25, -0.2) is 4.98 Å². The maximum Gasteiger partial charge on any atom is 0.289 e. The van der Waals surface area contributed by atoms with E-state index in [0.717, 1.165) is 12.0 Å². The van der Waals surface area contributed by atoms with Crippen LogP contribution in [-0.4, -0.2) is 34.7 Å². The van der Waals surface area contributed by atoms with Crippen molar-refractivity contribution in [3.63, 3.8) is 0 Å². The van der Waals surface area contributed by atoms with E-state index in [1.54, 1.807) is 12.3 Å². The van der Waals surface area contributed by atoms with Crippen molar-refractivity contribution in [3.8, 4) is 0 Å². The van der Waals surface area contributed by atoms with E-state index in [4.69, 9.17) is 16.3 Å². The maximum absolute atomic E-state index is 11.7. The first-order chi connectivity index (χ1) is 12.0. The summed E-state index contributed by atoms with van der Waals surface area (Å²) in [5.41, 5.74) is 1.13. The van der Waals surface area contributed by atoms with Crippen molar-refractivity contribution >= 4 is 11.6 Å². The van der Waals surface area contributed by atoms with E-state index in [9.17, 15) is 10.1 Å². The molecule has 0 radical (unpaired) electrons. The van der Waals surface area contributed by atoms with Crippen LogP contribution in [0.3, 0.4) is 0 Å². The predicted octanol–water partition coefficient (Wildman–Crippen LogP) is 3.38. The number of hydrogen-bond acceptors (Lipinski definition) is 6. The van der Waals surface area contributed by atoms with Crippen molar-refractivity contribution < 1.29 is 9.66 Å². The number of allylic oxidation sites excluding steroid dienone is 1. The zero-order valence-corrected chi connectivity index (χ0v) is 15.6. The highest BCUT2D eigenvalue weighted by molar-refractivity contribution is 6.29. The minimum Gasteiger partial charge on any atom is -0.362 e. The standard InChI is InChI=1S/C17H25ClN4O3/c1-4-8-25-15-9-13(5-2)16(22(23)24)17(21(15)3)20-11-12-6-7-14(18)19-10-12/h6-7,10,13,15,20H,4-5,8-9,11H2,1-3H3. The van der Waals surface area contributed by atoms with Gasteiger partial charge < -0.3 is 15.0 Å². The van der Waals surface area contributed by atoms with Gasteiger partial charge in [0.15, 0.2) is 5.82 Å². The lowest BCUT2D eigenvalue weighted by molar-refractivity contribution is -0.440. The monoisotopic (exact) mass is 368 g/mol. The van der Waals surface area contributed by atoms with E-state index in [1.165, 1.54) is 0 Å². The van der Waals surface area contributed by atoms with Crippen LogP contribution in [0.5, 0.6) is 0 Å². The number of nitrogens with one attached hydrogen (secondary N) is 1. The second kappa shape index (κ2) is 9.01. The Hall–Kier alpha value is -1.86. The molecule has 7 nitrogen and oxygen atoms in total. The summed E-state index contributed by atoms with van der Waals surface area (Å²) in [6, 6.07) is 3.55. The lowest BCUT2D eigenvalue weighted by Crippen LogP contribution is -2.46. The van der Waals surface area contributed by atoms with Crippen LogP contribution in [-0.2, 0) is 11.3 Å². The Kier molecular flexibility index (Phi) is 7.01. The summed E-state index contributed by atoms with van der Waals surface area (Å²) >= 11 is 5.80. The van der Waals surface area contributed by atoms with E-state index in [1.807, 2.05) is 31.9 Å². The number of aromatic nitrogens is 1. The summed E-state index contributed by atoms with van der Waals surface area (Å²) in [5.74, 6) is 0.373. The quantitative estimate of drug-likeness (QED) is 0.430. The topological polar surface area (TPSA) is 80.5 Å². The average molecular weight is 369 g/mol. The number of ether oxygens (including phenoxy) is 1. The minimum absolute atomic E-state index is 0.140. The van der Waals surface area contributed by atoms with Crippen molar-refractivity contribution in [3.05, 3.63) is 50.7 Å². The summed E-state index contributed by atoms with van der Waals surface area (Å²) in [6.07, 6.45) is 3.72. The van der Waals surface area contributed by atoms with Gasteiger partial charge in [0.25, 0.3) is 5.70 Å². The second-order valence-electron chi connectivity index (χ2n) is 6.11. The number of halogens is 1. The summed E-state index contributed by atoms with van der Waals surface area (Å²) in [7, 11) is 1.83. The molecule has 0 saturated carbocycles. The Labute approximate surface area is 153 Å². The first-order valence-electron chi connectivity index (χ1n) is 8.55. The summed E-state index contributed by atoms with van der Waals surface area (Å²) < 4.78 is 5.90. The van der Waals surface area contributed by atoms with Gasteiger partial charge in [0.05, 0.1) is 10.8 Å². The van der Waals surface area contributed by atoms with Crippen LogP contribution in [0.1, 0.15) is 38.7 Å². The van der Waals surface area contributed by atoms with E-state index in [0.29, 0.717) is 37.0 Å². The molecule has 0 aliphatic carbocycles. The minimum atomic E-state index is -0.275. The van der Waals surface area contributed by atoms with Gasteiger partial charge in [-0.2, -0.15) is 0 Å². The first-order valence-corrected chi connectivity index (χ1v) is 8.93. The molecule has 25 heavy (non-hydrogen) atoms. The largest absolute Gasteiger partial charge is 0.362 e. The third kappa shape index (κ3) is 4.83. The van der Waals surface area contributed by atoms with Gasteiger partial charge in [0.1, 0.15) is 11.4 Å². The van der Waals surface area contributed by atoms with Crippen molar-refractivity contribution in [2.75, 3.05) is 13.7 Å². The molecule has 8 heteroatoms. The van der Waals surface area contributed by atoms with Gasteiger partial charge in [0, 0.05) is 32.8 Å². The highest BCUT2D eigenvalue weighted by atomic mass is 35.5. The normalized spacial score (nSPS) is 20.7. The van der Waals surface area contributed by atoms with E-state index in [-0.39, 0.29) is 22.8 Å². The Morgan fingerprint density at radius 2 is 2.24 bits per heavy atom. The van der Waals surface area contributed by atoms with Crippen molar-refractivity contribution in [2.24, 2.45) is 5.92 Å². The molecule has 0 fully saturated rings. The van der Waals surface area contributed by atoms with Crippen LogP contribution >= 0.6 is 11.6 Å². The van der Waals surface area contributed by atoms with Gasteiger partial charge in [-0.15, -0.1) is 0 Å². The molecule has 0 bridgehead atoms. The molecule has 138 valence electrons. The molecule has 1 aromatic heterocycles. The number of pyridine rings is 1. The van der Waals surface area contributed by atoms with Gasteiger partial charge in [-0.05, 0) is 24.5 Å². The third-order valence-electron chi connectivity index (χ3n) is 4.35. The lowest BCUT2D eigenvalue weighted by atomic mass is 9.93. The summed E-state index contributed by atoms with van der Waals surface area (Å²) in [4.78, 5) is 17.3. The molecule has 2 heterocycles. The third-order valence-corrected chi connectivity index (χ3v) is 4.58. The van der Waals surface area contributed by atoms with Crippen molar-refractivity contribution in [2.45, 2.75) is 45.9 Å². The smallest absolute Gasteiger partial charge is 0.289 e. The number of hydrogen-bond donors (Lipinski definition) is 1. The SMILES string of the molecule is CCCOC1CC(CC)C([N+](=O)[O-])=C(NCc2ccc(Cl)nc2)N1C. The number of rotatable bonds is 8. The molecule has 0 aromatic carbocycles. The number of nitrogens with zero attached hydrogens (tertiary/aromatic N) is 3. The zero-order chi connectivity index (χ0) is 18.4. The molecule has 1 aliphatic heterocycles. The van der Waals surface area contributed by atoms with Crippen LogP contribution in [0.15, 0.2) is 29.8 Å². The number of nitro groups is 1. The highest BCUT2D eigenvalue weighted by Crippen LogP contribution is 2.33. The Balaban J connectivity index is 2.25. The van der Waals surface area contributed by atoms with Crippen molar-refractivity contribution in [1.82, 2.24) is 15.2 Å². The average Bonchev–Trinajstić information content (AvgIpc) is 2.60. The van der Waals surface area contributed by atoms with Gasteiger partial charge in [-0.3, -0.25) is 10.1 Å². The fourth-order valence-corrected chi connectivity index (χ4v) is 3.08. The molecule has 1 aromatic rings. The van der Waals surface area contributed by atoms with E-state index < -0.39 is 0 Å². The molecule has 2 rings (SSSR count). The predicted molar refractivity (Wildman–Crippen MR) is 96.3 cm³/mol. The Morgan fingerprint density at radius 1 is 1.48 bits per heavy atom. The highest BCUT2D eigenvalue weighted by Gasteiger charge is 2.39. The van der Waals surface area contributed by atoms with Crippen LogP contribution in [0, 0.1) is 16.0 Å².